The van der Waals surface area contributed by atoms with Crippen LogP contribution in [0.3, 0.4) is 0 Å². The lowest BCUT2D eigenvalue weighted by Gasteiger charge is -2.32. The van der Waals surface area contributed by atoms with Crippen LogP contribution >= 0.6 is 0 Å². The molecule has 0 saturated heterocycles. The molecule has 0 heterocycles. The van der Waals surface area contributed by atoms with E-state index in [9.17, 15) is 19.5 Å². The summed E-state index contributed by atoms with van der Waals surface area (Å²) < 4.78 is 0. The van der Waals surface area contributed by atoms with Gasteiger partial charge in [-0.2, -0.15) is 0 Å². The van der Waals surface area contributed by atoms with E-state index in [1.165, 1.54) is 0 Å². The topological polar surface area (TPSA) is 91.7 Å². The SMILES string of the molecule is C=C1C(=O)C(C2CC2)C(=O)CC1(O)C(=O)O. The summed E-state index contributed by atoms with van der Waals surface area (Å²) in [4.78, 5) is 34.3. The summed E-state index contributed by atoms with van der Waals surface area (Å²) in [6.45, 7) is 3.33. The Kier molecular flexibility index (Phi) is 2.24. The minimum Gasteiger partial charge on any atom is -0.479 e. The third-order valence-electron chi connectivity index (χ3n) is 3.30. The molecule has 2 aliphatic rings. The van der Waals surface area contributed by atoms with E-state index in [-0.39, 0.29) is 11.5 Å². The number of carboxylic acids is 1. The van der Waals surface area contributed by atoms with Gasteiger partial charge in [-0.3, -0.25) is 9.59 Å². The Morgan fingerprint density at radius 3 is 2.38 bits per heavy atom. The average Bonchev–Trinajstić information content (AvgIpc) is 2.98. The first-order chi connectivity index (χ1) is 7.38. The van der Waals surface area contributed by atoms with E-state index in [4.69, 9.17) is 5.11 Å². The molecule has 2 aliphatic carbocycles. The Balaban J connectivity index is 2.33. The van der Waals surface area contributed by atoms with Crippen LogP contribution in [0.1, 0.15) is 19.3 Å². The van der Waals surface area contributed by atoms with Crippen LogP contribution in [0.2, 0.25) is 0 Å². The molecule has 0 spiro atoms. The predicted molar refractivity (Wildman–Crippen MR) is 52.6 cm³/mol. The van der Waals surface area contributed by atoms with E-state index in [0.29, 0.717) is 0 Å². The highest BCUT2D eigenvalue weighted by molar-refractivity contribution is 6.18. The van der Waals surface area contributed by atoms with E-state index in [1.54, 1.807) is 0 Å². The fourth-order valence-electron chi connectivity index (χ4n) is 2.12. The zero-order valence-corrected chi connectivity index (χ0v) is 8.60. The van der Waals surface area contributed by atoms with Crippen molar-refractivity contribution in [1.82, 2.24) is 0 Å². The van der Waals surface area contributed by atoms with Crippen LogP contribution in [0.4, 0.5) is 0 Å². The van der Waals surface area contributed by atoms with Gasteiger partial charge in [0.15, 0.2) is 11.4 Å². The Morgan fingerprint density at radius 2 is 1.94 bits per heavy atom. The normalized spacial score (nSPS) is 35.3. The standard InChI is InChI=1S/C11H12O5/c1-5-9(13)8(6-2-3-6)7(12)4-11(5,16)10(14)15/h6,8,16H,1-4H2,(H,14,15). The van der Waals surface area contributed by atoms with Gasteiger partial charge in [0.05, 0.1) is 12.3 Å². The molecule has 0 radical (unpaired) electrons. The van der Waals surface area contributed by atoms with Gasteiger partial charge >= 0.3 is 5.97 Å². The molecule has 86 valence electrons. The Labute approximate surface area is 91.8 Å². The molecule has 0 aromatic carbocycles. The van der Waals surface area contributed by atoms with Gasteiger partial charge in [-0.05, 0) is 18.8 Å². The van der Waals surface area contributed by atoms with Gasteiger partial charge in [-0.25, -0.2) is 4.79 Å². The lowest BCUT2D eigenvalue weighted by Crippen LogP contribution is -2.52. The zero-order chi connectivity index (χ0) is 12.1. The van der Waals surface area contributed by atoms with E-state index in [1.807, 2.05) is 0 Å². The molecule has 2 unspecified atom stereocenters. The minimum absolute atomic E-state index is 0.0232. The number of Topliss-reactive ketones (excluding diaryl/α,β-unsaturated/α-hetero) is 2. The van der Waals surface area contributed by atoms with Crippen LogP contribution in [0, 0.1) is 11.8 Å². The van der Waals surface area contributed by atoms with Gasteiger partial charge in [0, 0.05) is 5.57 Å². The summed E-state index contributed by atoms with van der Waals surface area (Å²) >= 11 is 0. The van der Waals surface area contributed by atoms with Gasteiger partial charge < -0.3 is 10.2 Å². The molecule has 2 N–H and O–H groups in total. The molecule has 0 aliphatic heterocycles. The van der Waals surface area contributed by atoms with Crippen LogP contribution in [-0.2, 0) is 14.4 Å². The third kappa shape index (κ3) is 1.39. The van der Waals surface area contributed by atoms with Crippen molar-refractivity contribution in [3.05, 3.63) is 12.2 Å². The second kappa shape index (κ2) is 3.25. The van der Waals surface area contributed by atoms with Crippen LogP contribution in [0.25, 0.3) is 0 Å². The first-order valence-corrected chi connectivity index (χ1v) is 5.10. The number of carbonyl (C=O) groups is 3. The summed E-state index contributed by atoms with van der Waals surface area (Å²) in [5, 5.41) is 18.6. The maximum absolute atomic E-state index is 11.8. The molecule has 16 heavy (non-hydrogen) atoms. The molecular weight excluding hydrogens is 212 g/mol. The zero-order valence-electron chi connectivity index (χ0n) is 8.60. The summed E-state index contributed by atoms with van der Waals surface area (Å²) in [6.07, 6.45) is 1.07. The van der Waals surface area contributed by atoms with Gasteiger partial charge in [0.1, 0.15) is 5.78 Å². The second-order valence-corrected chi connectivity index (χ2v) is 4.47. The maximum Gasteiger partial charge on any atom is 0.340 e. The number of carbonyl (C=O) groups excluding carboxylic acids is 2. The van der Waals surface area contributed by atoms with Crippen molar-refractivity contribution in [2.24, 2.45) is 11.8 Å². The van der Waals surface area contributed by atoms with Crippen molar-refractivity contribution in [2.75, 3.05) is 0 Å². The van der Waals surface area contributed by atoms with Crippen molar-refractivity contribution in [3.8, 4) is 0 Å². The first-order valence-electron chi connectivity index (χ1n) is 5.10. The average molecular weight is 224 g/mol. The van der Waals surface area contributed by atoms with Crippen molar-refractivity contribution in [3.63, 3.8) is 0 Å². The largest absolute Gasteiger partial charge is 0.479 e. The molecule has 2 fully saturated rings. The molecular formula is C11H12O5. The first kappa shape index (κ1) is 11.0. The molecule has 0 aromatic heterocycles. The summed E-state index contributed by atoms with van der Waals surface area (Å²) in [5.74, 6) is -3.43. The fraction of sp³-hybridized carbons (Fsp3) is 0.545. The van der Waals surface area contributed by atoms with Crippen LogP contribution < -0.4 is 0 Å². The number of hydrogen-bond acceptors (Lipinski definition) is 4. The van der Waals surface area contributed by atoms with Gasteiger partial charge in [-0.1, -0.05) is 6.58 Å². The summed E-state index contributed by atoms with van der Waals surface area (Å²) in [5.41, 5.74) is -2.77. The van der Waals surface area contributed by atoms with Crippen LogP contribution in [0.5, 0.6) is 0 Å². The fourth-order valence-corrected chi connectivity index (χ4v) is 2.12. The number of hydrogen-bond donors (Lipinski definition) is 2. The lowest BCUT2D eigenvalue weighted by atomic mass is 9.72. The second-order valence-electron chi connectivity index (χ2n) is 4.47. The number of aliphatic carboxylic acids is 1. The van der Waals surface area contributed by atoms with Crippen molar-refractivity contribution < 1.29 is 24.6 Å². The third-order valence-corrected chi connectivity index (χ3v) is 3.30. The van der Waals surface area contributed by atoms with Gasteiger partial charge in [0.25, 0.3) is 0 Å². The van der Waals surface area contributed by atoms with Gasteiger partial charge in [0.2, 0.25) is 0 Å². The number of ketones is 2. The number of carboxylic acid groups (broad SMARTS) is 1. The van der Waals surface area contributed by atoms with Gasteiger partial charge in [-0.15, -0.1) is 0 Å². The molecule has 2 atom stereocenters. The summed E-state index contributed by atoms with van der Waals surface area (Å²) in [7, 11) is 0. The van der Waals surface area contributed by atoms with Crippen LogP contribution in [0.15, 0.2) is 12.2 Å². The number of aliphatic hydroxyl groups is 1. The smallest absolute Gasteiger partial charge is 0.340 e. The van der Waals surface area contributed by atoms with Crippen LogP contribution in [-0.4, -0.2) is 33.3 Å². The van der Waals surface area contributed by atoms with E-state index >= 15 is 0 Å². The maximum atomic E-state index is 11.8. The quantitative estimate of drug-likeness (QED) is 0.506. The van der Waals surface area contributed by atoms with E-state index < -0.39 is 35.5 Å². The van der Waals surface area contributed by atoms with E-state index in [0.717, 1.165) is 12.8 Å². The molecule has 5 nitrogen and oxygen atoms in total. The monoisotopic (exact) mass is 224 g/mol. The highest BCUT2D eigenvalue weighted by Crippen LogP contribution is 2.44. The molecule has 0 bridgehead atoms. The highest BCUT2D eigenvalue weighted by atomic mass is 16.4. The van der Waals surface area contributed by atoms with Crippen molar-refractivity contribution in [1.29, 1.82) is 0 Å². The minimum atomic E-state index is -2.40. The molecule has 5 heteroatoms. The Hall–Kier alpha value is -1.49. The predicted octanol–water partition coefficient (Wildman–Crippen LogP) is -0.0736. The number of rotatable bonds is 2. The Morgan fingerprint density at radius 1 is 1.38 bits per heavy atom. The molecule has 2 saturated carbocycles. The molecule has 0 amide bonds. The van der Waals surface area contributed by atoms with E-state index in [2.05, 4.69) is 6.58 Å². The van der Waals surface area contributed by atoms with Crippen molar-refractivity contribution in [2.45, 2.75) is 24.9 Å². The molecule has 2 rings (SSSR count). The highest BCUT2D eigenvalue weighted by Gasteiger charge is 2.55. The molecule has 0 aromatic rings. The summed E-state index contributed by atoms with van der Waals surface area (Å²) in [6, 6.07) is 0. The van der Waals surface area contributed by atoms with Crippen molar-refractivity contribution >= 4 is 17.5 Å². The lowest BCUT2D eigenvalue weighted by molar-refractivity contribution is -0.162. The Bertz CT molecular complexity index is 407.